The molecule has 4 rings (SSSR count). The van der Waals surface area contributed by atoms with Crippen molar-refractivity contribution in [2.75, 3.05) is 14.2 Å². The number of nitrogens with zero attached hydrogens (tertiary/aromatic N) is 3. The summed E-state index contributed by atoms with van der Waals surface area (Å²) in [5.41, 5.74) is 0.872. The first-order chi connectivity index (χ1) is 16.0. The number of carbonyl (C=O) groups is 1. The van der Waals surface area contributed by atoms with Gasteiger partial charge in [-0.1, -0.05) is 37.5 Å². The van der Waals surface area contributed by atoms with Gasteiger partial charge in [0.1, 0.15) is 0 Å². The molecule has 0 aromatic heterocycles. The van der Waals surface area contributed by atoms with Crippen molar-refractivity contribution < 1.29 is 19.2 Å². The minimum Gasteiger partial charge on any atom is -0.493 e. The lowest BCUT2D eigenvalue weighted by Crippen LogP contribution is -2.40. The Balaban J connectivity index is 1.77. The number of aliphatic imine (C=N–C) groups is 1. The molecule has 1 aliphatic heterocycles. The minimum absolute atomic E-state index is 0.0764. The molecule has 9 heteroatoms. The Morgan fingerprint density at radius 3 is 2.39 bits per heavy atom. The van der Waals surface area contributed by atoms with Crippen molar-refractivity contribution in [2.24, 2.45) is 4.99 Å². The molecule has 1 saturated heterocycles. The number of methoxy groups -OCH3 is 2. The Labute approximate surface area is 196 Å². The highest BCUT2D eigenvalue weighted by molar-refractivity contribution is 8.18. The molecule has 0 N–H and O–H groups in total. The van der Waals surface area contributed by atoms with Gasteiger partial charge in [0, 0.05) is 6.04 Å². The van der Waals surface area contributed by atoms with E-state index in [1.165, 1.54) is 38.1 Å². The number of hydrogen-bond acceptors (Lipinski definition) is 7. The van der Waals surface area contributed by atoms with Crippen LogP contribution in [0.5, 0.6) is 11.5 Å². The molecule has 0 bridgehead atoms. The third-order valence-electron chi connectivity index (χ3n) is 5.77. The Bertz CT molecular complexity index is 1110. The van der Waals surface area contributed by atoms with Gasteiger partial charge in [0.05, 0.1) is 41.4 Å². The number of amidine groups is 1. The van der Waals surface area contributed by atoms with E-state index in [2.05, 4.69) is 0 Å². The van der Waals surface area contributed by atoms with E-state index in [9.17, 15) is 14.9 Å². The smallest absolute Gasteiger partial charge is 0.280 e. The maximum absolute atomic E-state index is 13.5. The minimum atomic E-state index is -0.490. The van der Waals surface area contributed by atoms with Gasteiger partial charge < -0.3 is 9.47 Å². The predicted molar refractivity (Wildman–Crippen MR) is 129 cm³/mol. The number of carbonyl (C=O) groups excluding carboxylic acids is 1. The van der Waals surface area contributed by atoms with Gasteiger partial charge in [-0.15, -0.1) is 0 Å². The van der Waals surface area contributed by atoms with Gasteiger partial charge in [0.25, 0.3) is 11.6 Å². The lowest BCUT2D eigenvalue weighted by Gasteiger charge is -2.30. The van der Waals surface area contributed by atoms with Crippen LogP contribution < -0.4 is 9.47 Å². The number of hydrogen-bond donors (Lipinski definition) is 0. The largest absolute Gasteiger partial charge is 0.493 e. The van der Waals surface area contributed by atoms with Crippen LogP contribution >= 0.6 is 11.8 Å². The van der Waals surface area contributed by atoms with Gasteiger partial charge in [0.15, 0.2) is 16.7 Å². The summed E-state index contributed by atoms with van der Waals surface area (Å²) in [7, 11) is 2.88. The Morgan fingerprint density at radius 2 is 1.76 bits per heavy atom. The molecule has 0 unspecified atom stereocenters. The van der Waals surface area contributed by atoms with Gasteiger partial charge in [0.2, 0.25) is 0 Å². The summed E-state index contributed by atoms with van der Waals surface area (Å²) in [6.07, 6.45) is 6.69. The number of amides is 1. The van der Waals surface area contributed by atoms with Crippen LogP contribution in [-0.4, -0.2) is 41.2 Å². The zero-order valence-electron chi connectivity index (χ0n) is 18.5. The molecule has 8 nitrogen and oxygen atoms in total. The first-order valence-electron chi connectivity index (χ1n) is 10.8. The number of nitro groups is 1. The topological polar surface area (TPSA) is 94.3 Å². The molecule has 172 valence electrons. The fourth-order valence-electron chi connectivity index (χ4n) is 4.14. The molecule has 0 radical (unpaired) electrons. The van der Waals surface area contributed by atoms with Gasteiger partial charge >= 0.3 is 0 Å². The van der Waals surface area contributed by atoms with Crippen LogP contribution in [0.15, 0.2) is 52.4 Å². The van der Waals surface area contributed by atoms with E-state index in [4.69, 9.17) is 14.5 Å². The lowest BCUT2D eigenvalue weighted by molar-refractivity contribution is -0.385. The van der Waals surface area contributed by atoms with E-state index >= 15 is 0 Å². The zero-order valence-corrected chi connectivity index (χ0v) is 19.3. The molecular weight excluding hydrogens is 442 g/mol. The first-order valence-corrected chi connectivity index (χ1v) is 11.6. The van der Waals surface area contributed by atoms with Crippen LogP contribution in [0.25, 0.3) is 6.08 Å². The first kappa shape index (κ1) is 22.8. The molecule has 1 aliphatic carbocycles. The highest BCUT2D eigenvalue weighted by atomic mass is 32.2. The van der Waals surface area contributed by atoms with E-state index in [1.54, 1.807) is 11.0 Å². The van der Waals surface area contributed by atoms with E-state index < -0.39 is 4.92 Å². The highest BCUT2D eigenvalue weighted by Gasteiger charge is 2.39. The molecule has 0 spiro atoms. The third kappa shape index (κ3) is 4.88. The van der Waals surface area contributed by atoms with Gasteiger partial charge in [-0.2, -0.15) is 0 Å². The summed E-state index contributed by atoms with van der Waals surface area (Å²) < 4.78 is 10.5. The molecule has 0 atom stereocenters. The fraction of sp³-hybridized carbons (Fsp3) is 0.333. The average molecular weight is 468 g/mol. The van der Waals surface area contributed by atoms with Crippen molar-refractivity contribution in [2.45, 2.75) is 38.1 Å². The summed E-state index contributed by atoms with van der Waals surface area (Å²) in [5, 5.41) is 12.3. The Kier molecular flexibility index (Phi) is 6.98. The summed E-state index contributed by atoms with van der Waals surface area (Å²) in [6, 6.07) is 12.4. The number of para-hydroxylation sites is 1. The molecule has 1 amide bonds. The zero-order chi connectivity index (χ0) is 23.4. The van der Waals surface area contributed by atoms with Crippen LogP contribution in [0.1, 0.15) is 37.7 Å². The maximum atomic E-state index is 13.5. The summed E-state index contributed by atoms with van der Waals surface area (Å²) in [6.45, 7) is 0. The van der Waals surface area contributed by atoms with Crippen molar-refractivity contribution in [1.82, 2.24) is 4.90 Å². The van der Waals surface area contributed by atoms with Gasteiger partial charge in [-0.25, -0.2) is 4.99 Å². The normalized spacial score (nSPS) is 19.3. The Morgan fingerprint density at radius 1 is 1.09 bits per heavy atom. The van der Waals surface area contributed by atoms with Gasteiger partial charge in [-0.3, -0.25) is 19.8 Å². The van der Waals surface area contributed by atoms with Crippen molar-refractivity contribution in [3.05, 3.63) is 63.0 Å². The van der Waals surface area contributed by atoms with Crippen molar-refractivity contribution in [1.29, 1.82) is 0 Å². The second-order valence-corrected chi connectivity index (χ2v) is 8.84. The second kappa shape index (κ2) is 10.1. The predicted octanol–water partition coefficient (Wildman–Crippen LogP) is 5.55. The standard InChI is InChI=1S/C24H25N3O5S/c1-31-20-13-16(19(27(29)30)15-21(20)32-2)14-22-23(28)26(18-11-7-4-8-12-18)24(33-22)25-17-9-5-3-6-10-17/h3,5-6,9-10,13-15,18H,4,7-8,11-12H2,1-2H3. The molecule has 2 aromatic carbocycles. The number of rotatable bonds is 6. The number of benzene rings is 2. The number of thioether (sulfide) groups is 1. The lowest BCUT2D eigenvalue weighted by atomic mass is 9.94. The molecular formula is C24H25N3O5S. The van der Waals surface area contributed by atoms with Crippen molar-refractivity contribution in [3.8, 4) is 11.5 Å². The summed E-state index contributed by atoms with van der Waals surface area (Å²) in [5.74, 6) is 0.435. The van der Waals surface area contributed by atoms with Crippen LogP contribution in [0, 0.1) is 10.1 Å². The molecule has 1 saturated carbocycles. The van der Waals surface area contributed by atoms with E-state index in [-0.39, 0.29) is 28.9 Å². The monoisotopic (exact) mass is 467 g/mol. The molecule has 2 fully saturated rings. The van der Waals surface area contributed by atoms with Crippen LogP contribution in [0.4, 0.5) is 11.4 Å². The van der Waals surface area contributed by atoms with Crippen molar-refractivity contribution in [3.63, 3.8) is 0 Å². The van der Waals surface area contributed by atoms with Gasteiger partial charge in [-0.05, 0) is 48.9 Å². The third-order valence-corrected chi connectivity index (χ3v) is 6.76. The number of ether oxygens (including phenoxy) is 2. The second-order valence-electron chi connectivity index (χ2n) is 7.83. The molecule has 2 aromatic rings. The number of nitro benzene ring substituents is 1. The van der Waals surface area contributed by atoms with E-state index in [1.807, 2.05) is 30.3 Å². The fourth-order valence-corrected chi connectivity index (χ4v) is 5.19. The van der Waals surface area contributed by atoms with Crippen LogP contribution in [0.3, 0.4) is 0 Å². The van der Waals surface area contributed by atoms with Crippen molar-refractivity contribution >= 4 is 40.3 Å². The molecule has 2 aliphatic rings. The average Bonchev–Trinajstić information content (AvgIpc) is 3.14. The van der Waals surface area contributed by atoms with E-state index in [0.717, 1.165) is 37.8 Å². The summed E-state index contributed by atoms with van der Waals surface area (Å²) >= 11 is 1.25. The molecule has 1 heterocycles. The van der Waals surface area contributed by atoms with Crippen LogP contribution in [-0.2, 0) is 4.79 Å². The van der Waals surface area contributed by atoms with E-state index in [0.29, 0.717) is 15.8 Å². The molecule has 33 heavy (non-hydrogen) atoms. The van der Waals surface area contributed by atoms with Crippen LogP contribution in [0.2, 0.25) is 0 Å². The highest BCUT2D eigenvalue weighted by Crippen LogP contribution is 2.41. The quantitative estimate of drug-likeness (QED) is 0.314. The Hall–Kier alpha value is -3.33. The maximum Gasteiger partial charge on any atom is 0.280 e. The SMILES string of the molecule is COc1cc(C=C2SC(=Nc3ccccc3)N(C3CCCCC3)C2=O)c([N+](=O)[O-])cc1OC. The summed E-state index contributed by atoms with van der Waals surface area (Å²) in [4.78, 5) is 31.6.